The zero-order chi connectivity index (χ0) is 17.2. The van der Waals surface area contributed by atoms with Crippen LogP contribution in [0.15, 0.2) is 64.2 Å². The van der Waals surface area contributed by atoms with Crippen molar-refractivity contribution in [3.8, 4) is 0 Å². The highest BCUT2D eigenvalue weighted by Gasteiger charge is 2.36. The molecule has 0 aliphatic carbocycles. The van der Waals surface area contributed by atoms with Crippen LogP contribution in [-0.2, 0) is 0 Å². The molecule has 0 aliphatic rings. The lowest BCUT2D eigenvalue weighted by Gasteiger charge is -2.23. The van der Waals surface area contributed by atoms with Crippen LogP contribution >= 0.6 is 46.6 Å². The number of carbonyl (C=O) groups excluding carboxylic acids is 1. The minimum atomic E-state index is -1.74. The van der Waals surface area contributed by atoms with Gasteiger partial charge >= 0.3 is 0 Å². The number of para-hydroxylation sites is 2. The van der Waals surface area contributed by atoms with Crippen LogP contribution in [0.4, 0.5) is 0 Å². The summed E-state index contributed by atoms with van der Waals surface area (Å²) in [7, 11) is 0. The first kappa shape index (κ1) is 17.4. The van der Waals surface area contributed by atoms with Gasteiger partial charge in [-0.2, -0.15) is 0 Å². The average Bonchev–Trinajstić information content (AvgIpc) is 2.96. The van der Waals surface area contributed by atoms with Crippen LogP contribution < -0.4 is 5.32 Å². The van der Waals surface area contributed by atoms with Crippen molar-refractivity contribution in [1.29, 1.82) is 0 Å². The molecule has 1 amide bonds. The molecule has 1 atom stereocenters. The molecule has 0 fully saturated rings. The van der Waals surface area contributed by atoms with E-state index in [1.165, 1.54) is 0 Å². The number of rotatable bonds is 4. The summed E-state index contributed by atoms with van der Waals surface area (Å²) in [5, 5.41) is 2.13. The van der Waals surface area contributed by atoms with E-state index in [1.807, 2.05) is 24.3 Å². The molecule has 3 rings (SSSR count). The van der Waals surface area contributed by atoms with Gasteiger partial charge in [0, 0.05) is 5.56 Å². The first-order valence-electron chi connectivity index (χ1n) is 6.88. The quantitative estimate of drug-likeness (QED) is 0.378. The van der Waals surface area contributed by atoms with Crippen molar-refractivity contribution in [1.82, 2.24) is 10.3 Å². The molecule has 0 aliphatic heterocycles. The number of benzene rings is 2. The van der Waals surface area contributed by atoms with Crippen molar-refractivity contribution < 1.29 is 9.21 Å². The number of carbonyl (C=O) groups is 1. The largest absolute Gasteiger partial charge is 0.431 e. The number of thioether (sulfide) groups is 1. The van der Waals surface area contributed by atoms with Gasteiger partial charge in [-0.1, -0.05) is 65.1 Å². The van der Waals surface area contributed by atoms with E-state index >= 15 is 0 Å². The van der Waals surface area contributed by atoms with Gasteiger partial charge < -0.3 is 9.73 Å². The standard InChI is InChI=1S/C16H11Cl3N2O2S/c17-16(18,19)14(21-13(22)10-6-2-1-3-7-10)24-15-20-11-8-4-5-9-12(11)23-15/h1-9,14H,(H,21,22)/t14-/m1/s1. The van der Waals surface area contributed by atoms with Crippen molar-refractivity contribution in [3.63, 3.8) is 0 Å². The molecule has 1 heterocycles. The van der Waals surface area contributed by atoms with Gasteiger partial charge in [-0.05, 0) is 36.0 Å². The summed E-state index contributed by atoms with van der Waals surface area (Å²) < 4.78 is 3.87. The van der Waals surface area contributed by atoms with Crippen molar-refractivity contribution in [2.75, 3.05) is 0 Å². The molecule has 24 heavy (non-hydrogen) atoms. The van der Waals surface area contributed by atoms with Crippen molar-refractivity contribution in [3.05, 3.63) is 60.2 Å². The van der Waals surface area contributed by atoms with Crippen LogP contribution in [0.25, 0.3) is 11.1 Å². The average molecular weight is 402 g/mol. The molecule has 3 aromatic rings. The molecule has 2 aromatic carbocycles. The van der Waals surface area contributed by atoms with Crippen LogP contribution in [-0.4, -0.2) is 20.1 Å². The van der Waals surface area contributed by atoms with Gasteiger partial charge in [-0.25, -0.2) is 4.98 Å². The maximum Gasteiger partial charge on any atom is 0.258 e. The Kier molecular flexibility index (Phi) is 5.25. The second kappa shape index (κ2) is 7.23. The zero-order valence-electron chi connectivity index (χ0n) is 12.1. The molecule has 0 unspecified atom stereocenters. The number of aromatic nitrogens is 1. The summed E-state index contributed by atoms with van der Waals surface area (Å²) in [6.45, 7) is 0. The third-order valence-corrected chi connectivity index (χ3v) is 5.21. The summed E-state index contributed by atoms with van der Waals surface area (Å²) in [6, 6.07) is 16.0. The van der Waals surface area contributed by atoms with Gasteiger partial charge in [0.15, 0.2) is 5.58 Å². The van der Waals surface area contributed by atoms with E-state index in [2.05, 4.69) is 10.3 Å². The Morgan fingerprint density at radius 1 is 1.08 bits per heavy atom. The number of alkyl halides is 3. The van der Waals surface area contributed by atoms with Gasteiger partial charge in [0.05, 0.1) is 0 Å². The second-order valence-electron chi connectivity index (χ2n) is 4.83. The number of hydrogen-bond acceptors (Lipinski definition) is 4. The topological polar surface area (TPSA) is 55.1 Å². The molecular formula is C16H11Cl3N2O2S. The number of nitrogens with zero attached hydrogens (tertiary/aromatic N) is 1. The third kappa shape index (κ3) is 4.16. The fourth-order valence-electron chi connectivity index (χ4n) is 1.97. The predicted octanol–water partition coefficient (Wildman–Crippen LogP) is 5.05. The smallest absolute Gasteiger partial charge is 0.258 e. The van der Waals surface area contributed by atoms with Gasteiger partial charge in [0.25, 0.3) is 11.1 Å². The Morgan fingerprint density at radius 2 is 1.75 bits per heavy atom. The number of amides is 1. The Hall–Kier alpha value is -1.40. The van der Waals surface area contributed by atoms with E-state index in [1.54, 1.807) is 30.3 Å². The summed E-state index contributed by atoms with van der Waals surface area (Å²) in [6.07, 6.45) is 0. The zero-order valence-corrected chi connectivity index (χ0v) is 15.2. The molecule has 8 heteroatoms. The molecular weight excluding hydrogens is 391 g/mol. The van der Waals surface area contributed by atoms with Gasteiger partial charge in [-0.3, -0.25) is 4.79 Å². The summed E-state index contributed by atoms with van der Waals surface area (Å²) >= 11 is 19.1. The van der Waals surface area contributed by atoms with Crippen LogP contribution in [0.2, 0.25) is 0 Å². The lowest BCUT2D eigenvalue weighted by molar-refractivity contribution is 0.0950. The van der Waals surface area contributed by atoms with Gasteiger partial charge in [-0.15, -0.1) is 0 Å². The van der Waals surface area contributed by atoms with E-state index in [0.717, 1.165) is 11.8 Å². The van der Waals surface area contributed by atoms with E-state index < -0.39 is 9.17 Å². The molecule has 0 saturated carbocycles. The van der Waals surface area contributed by atoms with Crippen LogP contribution in [0.5, 0.6) is 0 Å². The highest BCUT2D eigenvalue weighted by Crippen LogP contribution is 2.39. The predicted molar refractivity (Wildman–Crippen MR) is 97.9 cm³/mol. The molecule has 4 nitrogen and oxygen atoms in total. The lowest BCUT2D eigenvalue weighted by Crippen LogP contribution is -2.41. The highest BCUT2D eigenvalue weighted by molar-refractivity contribution is 8.00. The highest BCUT2D eigenvalue weighted by atomic mass is 35.6. The number of hydrogen-bond donors (Lipinski definition) is 1. The fourth-order valence-corrected chi connectivity index (χ4v) is 3.33. The van der Waals surface area contributed by atoms with Crippen LogP contribution in [0, 0.1) is 0 Å². The summed E-state index contributed by atoms with van der Waals surface area (Å²) in [5.74, 6) is -0.351. The minimum Gasteiger partial charge on any atom is -0.431 e. The maximum atomic E-state index is 12.3. The molecule has 1 N–H and O–H groups in total. The van der Waals surface area contributed by atoms with E-state index in [9.17, 15) is 4.79 Å². The van der Waals surface area contributed by atoms with Crippen molar-refractivity contribution in [2.24, 2.45) is 0 Å². The molecule has 0 bridgehead atoms. The first-order chi connectivity index (χ1) is 11.4. The summed E-state index contributed by atoms with van der Waals surface area (Å²) in [5.41, 5.74) is 1.78. The first-order valence-corrected chi connectivity index (χ1v) is 8.90. The Bertz CT molecular complexity index is 816. The summed E-state index contributed by atoms with van der Waals surface area (Å²) in [4.78, 5) is 16.6. The van der Waals surface area contributed by atoms with Crippen LogP contribution in [0.3, 0.4) is 0 Å². The number of halogens is 3. The number of fused-ring (bicyclic) bond motifs is 1. The van der Waals surface area contributed by atoms with Gasteiger partial charge in [0.1, 0.15) is 10.9 Å². The normalized spacial score (nSPS) is 13.0. The Morgan fingerprint density at radius 3 is 2.42 bits per heavy atom. The van der Waals surface area contributed by atoms with Gasteiger partial charge in [0.2, 0.25) is 3.79 Å². The van der Waals surface area contributed by atoms with Crippen molar-refractivity contribution in [2.45, 2.75) is 14.4 Å². The number of oxazole rings is 1. The molecule has 0 saturated heterocycles. The third-order valence-electron chi connectivity index (χ3n) is 3.09. The molecule has 1 aromatic heterocycles. The lowest BCUT2D eigenvalue weighted by atomic mass is 10.2. The Labute approximate surface area is 157 Å². The molecule has 0 radical (unpaired) electrons. The fraction of sp³-hybridized carbons (Fsp3) is 0.125. The van der Waals surface area contributed by atoms with E-state index in [4.69, 9.17) is 39.2 Å². The monoisotopic (exact) mass is 400 g/mol. The molecule has 124 valence electrons. The van der Waals surface area contributed by atoms with Crippen LogP contribution in [0.1, 0.15) is 10.4 Å². The van der Waals surface area contributed by atoms with E-state index in [-0.39, 0.29) is 5.91 Å². The molecule has 0 spiro atoms. The minimum absolute atomic E-state index is 0.306. The maximum absolute atomic E-state index is 12.3. The Balaban J connectivity index is 1.80. The SMILES string of the molecule is O=C(N[C@H](Sc1nc2ccccc2o1)C(Cl)(Cl)Cl)c1ccccc1. The van der Waals surface area contributed by atoms with E-state index in [0.29, 0.717) is 21.9 Å². The van der Waals surface area contributed by atoms with Crippen molar-refractivity contribution >= 4 is 63.6 Å². The second-order valence-corrected chi connectivity index (χ2v) is 8.25. The number of nitrogens with one attached hydrogen (secondary N) is 1.